The summed E-state index contributed by atoms with van der Waals surface area (Å²) in [6.45, 7) is 3.47. The summed E-state index contributed by atoms with van der Waals surface area (Å²) in [5, 5.41) is 20.1. The highest BCUT2D eigenvalue weighted by Gasteiger charge is 2.28. The van der Waals surface area contributed by atoms with E-state index in [1.54, 1.807) is 18.2 Å². The van der Waals surface area contributed by atoms with Crippen molar-refractivity contribution in [3.05, 3.63) is 93.8 Å². The fourth-order valence-corrected chi connectivity index (χ4v) is 5.21. The first-order valence-corrected chi connectivity index (χ1v) is 11.9. The van der Waals surface area contributed by atoms with Gasteiger partial charge in [-0.05, 0) is 103 Å². The van der Waals surface area contributed by atoms with Gasteiger partial charge in [-0.2, -0.15) is 0 Å². The van der Waals surface area contributed by atoms with Crippen LogP contribution in [0.1, 0.15) is 45.8 Å². The monoisotopic (exact) mass is 459 g/mol. The van der Waals surface area contributed by atoms with Gasteiger partial charge >= 0.3 is 0 Å². The van der Waals surface area contributed by atoms with E-state index in [2.05, 4.69) is 34.1 Å². The lowest BCUT2D eigenvalue weighted by molar-refractivity contribution is -0.123. The Morgan fingerprint density at radius 3 is 2.82 bits per heavy atom. The molecule has 0 spiro atoms. The number of carbonyl (C=O) groups is 1. The van der Waals surface area contributed by atoms with Crippen molar-refractivity contribution in [1.29, 1.82) is 0 Å². The molecule has 3 aromatic carbocycles. The number of amides is 1. The molecule has 0 saturated carbocycles. The van der Waals surface area contributed by atoms with Crippen molar-refractivity contribution in [1.82, 2.24) is 10.6 Å². The number of halogens is 1. The highest BCUT2D eigenvalue weighted by atomic mass is 19.1. The Labute approximate surface area is 199 Å². The van der Waals surface area contributed by atoms with E-state index in [4.69, 9.17) is 0 Å². The summed E-state index contributed by atoms with van der Waals surface area (Å²) in [5.74, 6) is 0.0402. The van der Waals surface area contributed by atoms with Gasteiger partial charge in [-0.1, -0.05) is 24.3 Å². The van der Waals surface area contributed by atoms with Gasteiger partial charge in [-0.3, -0.25) is 4.79 Å². The number of aryl methyl sites for hydroxylation is 1. The van der Waals surface area contributed by atoms with E-state index in [0.717, 1.165) is 58.5 Å². The Hall–Kier alpha value is -3.38. The van der Waals surface area contributed by atoms with Crippen molar-refractivity contribution in [3.63, 3.8) is 0 Å². The predicted molar refractivity (Wildman–Crippen MR) is 132 cm³/mol. The van der Waals surface area contributed by atoms with E-state index in [1.165, 1.54) is 6.07 Å². The van der Waals surface area contributed by atoms with Crippen LogP contribution in [0.5, 0.6) is 5.75 Å². The highest BCUT2D eigenvalue weighted by molar-refractivity contribution is 5.83. The number of anilines is 1. The van der Waals surface area contributed by atoms with Crippen LogP contribution in [0, 0.1) is 12.7 Å². The maximum absolute atomic E-state index is 13.6. The highest BCUT2D eigenvalue weighted by Crippen LogP contribution is 2.32. The molecule has 1 amide bonds. The van der Waals surface area contributed by atoms with Gasteiger partial charge in [-0.15, -0.1) is 0 Å². The summed E-state index contributed by atoms with van der Waals surface area (Å²) in [5.41, 5.74) is 7.39. The Morgan fingerprint density at radius 2 is 1.97 bits per heavy atom. The average molecular weight is 460 g/mol. The molecule has 0 radical (unpaired) electrons. The minimum Gasteiger partial charge on any atom is -0.508 e. The van der Waals surface area contributed by atoms with Crippen molar-refractivity contribution < 1.29 is 14.3 Å². The molecule has 34 heavy (non-hydrogen) atoms. The fraction of sp³-hybridized carbons (Fsp3) is 0.321. The van der Waals surface area contributed by atoms with E-state index >= 15 is 0 Å². The molecule has 0 bridgehead atoms. The van der Waals surface area contributed by atoms with Gasteiger partial charge < -0.3 is 21.1 Å². The molecule has 6 heteroatoms. The van der Waals surface area contributed by atoms with Gasteiger partial charge in [0.05, 0.1) is 12.1 Å². The summed E-state index contributed by atoms with van der Waals surface area (Å²) in [7, 11) is 0. The second-order valence-corrected chi connectivity index (χ2v) is 9.37. The predicted octanol–water partition coefficient (Wildman–Crippen LogP) is 4.16. The largest absolute Gasteiger partial charge is 0.508 e. The first kappa shape index (κ1) is 22.4. The van der Waals surface area contributed by atoms with Crippen LogP contribution in [-0.4, -0.2) is 30.1 Å². The zero-order chi connectivity index (χ0) is 23.7. The van der Waals surface area contributed by atoms with Crippen molar-refractivity contribution >= 4 is 11.6 Å². The summed E-state index contributed by atoms with van der Waals surface area (Å²) < 4.78 is 13.6. The van der Waals surface area contributed by atoms with Crippen LogP contribution in [0.25, 0.3) is 0 Å². The lowest BCUT2D eigenvalue weighted by atomic mass is 9.92. The zero-order valence-electron chi connectivity index (χ0n) is 19.3. The summed E-state index contributed by atoms with van der Waals surface area (Å²) in [6, 6.07) is 16.1. The fourth-order valence-electron chi connectivity index (χ4n) is 5.21. The van der Waals surface area contributed by atoms with Gasteiger partial charge in [0.2, 0.25) is 5.91 Å². The van der Waals surface area contributed by atoms with E-state index in [1.807, 2.05) is 19.1 Å². The molecule has 3 aromatic rings. The topological polar surface area (TPSA) is 73.4 Å². The number of fused-ring (bicyclic) bond motifs is 2. The maximum atomic E-state index is 13.6. The normalized spacial score (nSPS) is 19.4. The third kappa shape index (κ3) is 4.77. The summed E-state index contributed by atoms with van der Waals surface area (Å²) >= 11 is 0. The summed E-state index contributed by atoms with van der Waals surface area (Å²) in [6.07, 6.45) is 2.83. The molecule has 0 aliphatic carbocycles. The molecule has 2 atom stereocenters. The Bertz CT molecular complexity index is 1230. The molecule has 0 saturated heterocycles. The van der Waals surface area contributed by atoms with Crippen LogP contribution < -0.4 is 16.0 Å². The third-order valence-electron chi connectivity index (χ3n) is 6.91. The Balaban J connectivity index is 1.34. The molecule has 5 nitrogen and oxygen atoms in total. The average Bonchev–Trinajstić information content (AvgIpc) is 3.02. The quantitative estimate of drug-likeness (QED) is 0.473. The number of rotatable bonds is 4. The second kappa shape index (κ2) is 9.47. The van der Waals surface area contributed by atoms with Gasteiger partial charge in [0.25, 0.3) is 0 Å². The SMILES string of the molecule is Cc1cc(O)cc2c1CC(C(=O)NC1CCNc3ccc(Cc4cccc(F)c4)cc31)NCC2. The lowest BCUT2D eigenvalue weighted by Crippen LogP contribution is -2.47. The lowest BCUT2D eigenvalue weighted by Gasteiger charge is -2.29. The number of aromatic hydroxyl groups is 1. The van der Waals surface area contributed by atoms with Gasteiger partial charge in [-0.25, -0.2) is 4.39 Å². The first-order valence-electron chi connectivity index (χ1n) is 11.9. The number of benzene rings is 3. The van der Waals surface area contributed by atoms with Crippen LogP contribution >= 0.6 is 0 Å². The van der Waals surface area contributed by atoms with Gasteiger partial charge in [0.15, 0.2) is 0 Å². The van der Waals surface area contributed by atoms with Crippen molar-refractivity contribution in [3.8, 4) is 5.75 Å². The number of phenols is 1. The molecule has 2 heterocycles. The first-order chi connectivity index (χ1) is 16.5. The molecule has 176 valence electrons. The van der Waals surface area contributed by atoms with E-state index < -0.39 is 0 Å². The molecule has 4 N–H and O–H groups in total. The van der Waals surface area contributed by atoms with Gasteiger partial charge in [0, 0.05) is 12.2 Å². The van der Waals surface area contributed by atoms with Crippen molar-refractivity contribution in [2.45, 2.75) is 44.7 Å². The summed E-state index contributed by atoms with van der Waals surface area (Å²) in [4.78, 5) is 13.3. The van der Waals surface area contributed by atoms with Gasteiger partial charge in [0.1, 0.15) is 11.6 Å². The van der Waals surface area contributed by atoms with Crippen LogP contribution in [0.4, 0.5) is 10.1 Å². The molecular weight excluding hydrogens is 429 g/mol. The molecular formula is C28H30FN3O2. The standard InChI is InChI=1S/C28H30FN3O2/c1-17-11-22(33)15-20-7-9-31-27(16-23(17)20)28(34)32-26-8-10-30-25-6-5-19(14-24(25)26)12-18-3-2-4-21(29)13-18/h2-6,11,13-15,26-27,30-31,33H,7-10,12,16H2,1H3,(H,32,34). The third-order valence-corrected chi connectivity index (χ3v) is 6.91. The van der Waals surface area contributed by atoms with E-state index in [-0.39, 0.29) is 29.6 Å². The molecule has 0 aromatic heterocycles. The molecule has 5 rings (SSSR count). The van der Waals surface area contributed by atoms with Crippen LogP contribution in [-0.2, 0) is 24.1 Å². The maximum Gasteiger partial charge on any atom is 0.237 e. The van der Waals surface area contributed by atoms with Crippen LogP contribution in [0.2, 0.25) is 0 Å². The number of hydrogen-bond acceptors (Lipinski definition) is 4. The minimum absolute atomic E-state index is 0.00583. The van der Waals surface area contributed by atoms with Crippen LogP contribution in [0.3, 0.4) is 0 Å². The number of hydrogen-bond donors (Lipinski definition) is 4. The Kier molecular flexibility index (Phi) is 6.24. The van der Waals surface area contributed by atoms with E-state index in [9.17, 15) is 14.3 Å². The number of carbonyl (C=O) groups excluding carboxylic acids is 1. The molecule has 2 aliphatic heterocycles. The van der Waals surface area contributed by atoms with Crippen molar-refractivity contribution in [2.24, 2.45) is 0 Å². The van der Waals surface area contributed by atoms with Crippen LogP contribution in [0.15, 0.2) is 54.6 Å². The molecule has 0 fully saturated rings. The van der Waals surface area contributed by atoms with E-state index in [0.29, 0.717) is 19.4 Å². The Morgan fingerprint density at radius 1 is 1.12 bits per heavy atom. The number of nitrogens with one attached hydrogen (secondary N) is 3. The second-order valence-electron chi connectivity index (χ2n) is 9.37. The van der Waals surface area contributed by atoms with Crippen molar-refractivity contribution in [2.75, 3.05) is 18.4 Å². The molecule has 2 aliphatic rings. The zero-order valence-corrected chi connectivity index (χ0v) is 19.3. The number of phenolic OH excluding ortho intramolecular Hbond substituents is 1. The smallest absolute Gasteiger partial charge is 0.237 e. The molecule has 2 unspecified atom stereocenters. The minimum atomic E-state index is -0.321.